The number of anilines is 1. The molecule has 0 radical (unpaired) electrons. The fraction of sp³-hybridized carbons (Fsp3) is 0.0476. The van der Waals surface area contributed by atoms with Crippen LogP contribution in [0.1, 0.15) is 15.9 Å². The van der Waals surface area contributed by atoms with Crippen LogP contribution in [0, 0.1) is 5.82 Å². The molecule has 1 heterocycles. The van der Waals surface area contributed by atoms with E-state index in [1.165, 1.54) is 36.7 Å². The topological polar surface area (TPSA) is 55.4 Å². The van der Waals surface area contributed by atoms with Gasteiger partial charge in [-0.15, -0.1) is 11.3 Å². The minimum Gasteiger partial charge on any atom is -0.465 e. The third-order valence-electron chi connectivity index (χ3n) is 3.80. The summed E-state index contributed by atoms with van der Waals surface area (Å²) in [6.45, 7) is 0. The van der Waals surface area contributed by atoms with Crippen molar-refractivity contribution in [3.05, 3.63) is 83.0 Å². The zero-order valence-electron chi connectivity index (χ0n) is 14.4. The van der Waals surface area contributed by atoms with Crippen LogP contribution >= 0.6 is 11.3 Å². The smallest absolute Gasteiger partial charge is 0.341 e. The third-order valence-corrected chi connectivity index (χ3v) is 4.69. The fourth-order valence-electron chi connectivity index (χ4n) is 2.48. The Hall–Kier alpha value is -3.25. The van der Waals surface area contributed by atoms with Crippen LogP contribution in [0.5, 0.6) is 0 Å². The summed E-state index contributed by atoms with van der Waals surface area (Å²) < 4.78 is 17.8. The van der Waals surface area contributed by atoms with Crippen LogP contribution in [-0.2, 0) is 9.53 Å². The number of benzene rings is 2. The van der Waals surface area contributed by atoms with Gasteiger partial charge in [-0.25, -0.2) is 9.18 Å². The van der Waals surface area contributed by atoms with Gasteiger partial charge >= 0.3 is 5.97 Å². The van der Waals surface area contributed by atoms with Gasteiger partial charge in [-0.05, 0) is 29.3 Å². The van der Waals surface area contributed by atoms with Gasteiger partial charge in [0.1, 0.15) is 16.4 Å². The molecule has 0 aliphatic carbocycles. The average molecular weight is 381 g/mol. The van der Waals surface area contributed by atoms with Crippen molar-refractivity contribution in [3.8, 4) is 11.1 Å². The molecule has 0 bridgehead atoms. The van der Waals surface area contributed by atoms with Crippen LogP contribution < -0.4 is 5.32 Å². The highest BCUT2D eigenvalue weighted by Crippen LogP contribution is 2.36. The van der Waals surface area contributed by atoms with Gasteiger partial charge in [-0.2, -0.15) is 0 Å². The molecule has 0 aliphatic heterocycles. The summed E-state index contributed by atoms with van der Waals surface area (Å²) in [7, 11) is 1.30. The average Bonchev–Trinajstić information content (AvgIpc) is 3.11. The molecule has 0 unspecified atom stereocenters. The van der Waals surface area contributed by atoms with Crippen molar-refractivity contribution in [2.24, 2.45) is 0 Å². The zero-order valence-corrected chi connectivity index (χ0v) is 15.3. The maximum absolute atomic E-state index is 12.9. The van der Waals surface area contributed by atoms with Gasteiger partial charge < -0.3 is 10.1 Å². The normalized spacial score (nSPS) is 10.7. The summed E-state index contributed by atoms with van der Waals surface area (Å²) in [4.78, 5) is 24.5. The molecule has 0 fully saturated rings. The molecule has 4 nitrogen and oxygen atoms in total. The van der Waals surface area contributed by atoms with Crippen molar-refractivity contribution < 1.29 is 18.7 Å². The number of hydrogen-bond donors (Lipinski definition) is 1. The summed E-state index contributed by atoms with van der Waals surface area (Å²) >= 11 is 1.25. The second-order valence-electron chi connectivity index (χ2n) is 5.59. The number of thiophene rings is 1. The molecule has 0 atom stereocenters. The summed E-state index contributed by atoms with van der Waals surface area (Å²) in [6, 6.07) is 15.2. The molecule has 0 saturated heterocycles. The van der Waals surface area contributed by atoms with Crippen LogP contribution in [0.4, 0.5) is 9.39 Å². The monoisotopic (exact) mass is 381 g/mol. The molecule has 0 spiro atoms. The molecule has 1 N–H and O–H groups in total. The lowest BCUT2D eigenvalue weighted by Gasteiger charge is -2.06. The second kappa shape index (κ2) is 8.42. The molecule has 0 saturated carbocycles. The van der Waals surface area contributed by atoms with Gasteiger partial charge in [-0.1, -0.05) is 42.5 Å². The first kappa shape index (κ1) is 18.5. The van der Waals surface area contributed by atoms with Gasteiger partial charge in [-0.3, -0.25) is 4.79 Å². The first-order chi connectivity index (χ1) is 13.1. The number of amides is 1. The molecule has 27 heavy (non-hydrogen) atoms. The van der Waals surface area contributed by atoms with E-state index in [-0.39, 0.29) is 5.82 Å². The Bertz CT molecular complexity index is 978. The van der Waals surface area contributed by atoms with Gasteiger partial charge in [0.15, 0.2) is 0 Å². The number of carbonyl (C=O) groups is 2. The van der Waals surface area contributed by atoms with Crippen LogP contribution in [-0.4, -0.2) is 19.0 Å². The van der Waals surface area contributed by atoms with Crippen LogP contribution in [0.15, 0.2) is 66.1 Å². The lowest BCUT2D eigenvalue weighted by atomic mass is 10.0. The van der Waals surface area contributed by atoms with Crippen LogP contribution in [0.2, 0.25) is 0 Å². The van der Waals surface area contributed by atoms with E-state index in [1.54, 1.807) is 23.6 Å². The molecule has 136 valence electrons. The minimum absolute atomic E-state index is 0.317. The van der Waals surface area contributed by atoms with Crippen molar-refractivity contribution in [3.63, 3.8) is 0 Å². The Kier molecular flexibility index (Phi) is 5.78. The molecular formula is C21H16FNO3S. The van der Waals surface area contributed by atoms with Crippen LogP contribution in [0.3, 0.4) is 0 Å². The van der Waals surface area contributed by atoms with Gasteiger partial charge in [0.05, 0.1) is 7.11 Å². The molecule has 2 aromatic carbocycles. The Morgan fingerprint density at radius 3 is 2.44 bits per heavy atom. The van der Waals surface area contributed by atoms with Gasteiger partial charge in [0.25, 0.3) is 0 Å². The Morgan fingerprint density at radius 1 is 1.07 bits per heavy atom. The van der Waals surface area contributed by atoms with Crippen molar-refractivity contribution in [2.45, 2.75) is 0 Å². The van der Waals surface area contributed by atoms with E-state index in [0.717, 1.165) is 5.56 Å². The van der Waals surface area contributed by atoms with E-state index in [1.807, 2.05) is 30.3 Å². The van der Waals surface area contributed by atoms with Crippen molar-refractivity contribution >= 4 is 34.3 Å². The SMILES string of the molecule is COC(=O)c1c(-c2ccccc2)csc1NC(=O)/C=C/c1ccc(F)cc1. The van der Waals surface area contributed by atoms with E-state index < -0.39 is 11.9 Å². The Morgan fingerprint density at radius 2 is 1.78 bits per heavy atom. The van der Waals surface area contributed by atoms with E-state index in [4.69, 9.17) is 4.74 Å². The molecule has 3 aromatic rings. The first-order valence-electron chi connectivity index (χ1n) is 8.08. The number of hydrogen-bond acceptors (Lipinski definition) is 4. The Balaban J connectivity index is 1.84. The van der Waals surface area contributed by atoms with E-state index in [9.17, 15) is 14.0 Å². The lowest BCUT2D eigenvalue weighted by Crippen LogP contribution is -2.11. The number of esters is 1. The Labute approximate surface area is 159 Å². The number of nitrogens with one attached hydrogen (secondary N) is 1. The summed E-state index contributed by atoms with van der Waals surface area (Å²) in [6.07, 6.45) is 2.90. The minimum atomic E-state index is -0.520. The number of methoxy groups -OCH3 is 1. The molecule has 0 aliphatic rings. The van der Waals surface area contributed by atoms with Crippen molar-refractivity contribution in [1.82, 2.24) is 0 Å². The maximum Gasteiger partial charge on any atom is 0.341 e. The second-order valence-corrected chi connectivity index (χ2v) is 6.46. The third kappa shape index (κ3) is 4.48. The quantitative estimate of drug-likeness (QED) is 0.500. The molecule has 3 rings (SSSR count). The standard InChI is InChI=1S/C21H16FNO3S/c1-26-21(25)19-17(15-5-3-2-4-6-15)13-27-20(19)23-18(24)12-9-14-7-10-16(22)11-8-14/h2-13H,1H3,(H,23,24)/b12-9+. The molecule has 1 amide bonds. The zero-order chi connectivity index (χ0) is 19.2. The first-order valence-corrected chi connectivity index (χ1v) is 8.96. The molecular weight excluding hydrogens is 365 g/mol. The van der Waals surface area contributed by atoms with Gasteiger partial charge in [0.2, 0.25) is 5.91 Å². The lowest BCUT2D eigenvalue weighted by molar-refractivity contribution is -0.111. The highest BCUT2D eigenvalue weighted by Gasteiger charge is 2.21. The molecule has 6 heteroatoms. The van der Waals surface area contributed by atoms with Gasteiger partial charge in [0, 0.05) is 17.0 Å². The van der Waals surface area contributed by atoms with Crippen molar-refractivity contribution in [2.75, 3.05) is 12.4 Å². The highest BCUT2D eigenvalue weighted by molar-refractivity contribution is 7.15. The van der Waals surface area contributed by atoms with E-state index in [0.29, 0.717) is 21.7 Å². The largest absolute Gasteiger partial charge is 0.465 e. The predicted octanol–water partition coefficient (Wildman–Crippen LogP) is 4.99. The predicted molar refractivity (Wildman–Crippen MR) is 105 cm³/mol. The summed E-state index contributed by atoms with van der Waals surface area (Å²) in [5.74, 6) is -1.26. The van der Waals surface area contributed by atoms with Crippen molar-refractivity contribution in [1.29, 1.82) is 0 Å². The number of halogens is 1. The number of rotatable bonds is 5. The highest BCUT2D eigenvalue weighted by atomic mass is 32.1. The maximum atomic E-state index is 12.9. The van der Waals surface area contributed by atoms with Crippen LogP contribution in [0.25, 0.3) is 17.2 Å². The summed E-state index contributed by atoms with van der Waals surface area (Å²) in [5.41, 5.74) is 2.56. The fourth-order valence-corrected chi connectivity index (χ4v) is 3.44. The number of ether oxygens (including phenoxy) is 1. The molecule has 1 aromatic heterocycles. The van der Waals surface area contributed by atoms with E-state index >= 15 is 0 Å². The summed E-state index contributed by atoms with van der Waals surface area (Å²) in [5, 5.41) is 4.93. The van der Waals surface area contributed by atoms with E-state index in [2.05, 4.69) is 5.32 Å². The number of carbonyl (C=O) groups excluding carboxylic acids is 2.